The highest BCUT2D eigenvalue weighted by molar-refractivity contribution is 9.10. The van der Waals surface area contributed by atoms with Gasteiger partial charge < -0.3 is 5.73 Å². The number of anilines is 1. The normalized spacial score (nSPS) is 12.4. The maximum atomic E-state index is 12.0. The van der Waals surface area contributed by atoms with Gasteiger partial charge in [-0.05, 0) is 24.1 Å². The molecule has 0 fully saturated rings. The topological polar surface area (TPSA) is 43.1 Å². The quantitative estimate of drug-likeness (QED) is 0.655. The summed E-state index contributed by atoms with van der Waals surface area (Å²) in [7, 11) is 0. The third kappa shape index (κ3) is 3.63. The highest BCUT2D eigenvalue weighted by atomic mass is 79.9. The predicted molar refractivity (Wildman–Crippen MR) is 71.6 cm³/mol. The van der Waals surface area contributed by atoms with Crippen LogP contribution >= 0.6 is 15.9 Å². The zero-order valence-corrected chi connectivity index (χ0v) is 11.4. The van der Waals surface area contributed by atoms with Gasteiger partial charge in [-0.15, -0.1) is 0 Å². The second-order valence-corrected chi connectivity index (χ2v) is 5.17. The van der Waals surface area contributed by atoms with Crippen LogP contribution < -0.4 is 5.73 Å². The molecule has 0 aliphatic rings. The fourth-order valence-electron chi connectivity index (χ4n) is 1.81. The van der Waals surface area contributed by atoms with Crippen LogP contribution in [0.5, 0.6) is 0 Å². The molecule has 2 nitrogen and oxygen atoms in total. The zero-order chi connectivity index (χ0) is 12.1. The van der Waals surface area contributed by atoms with Gasteiger partial charge in [0.25, 0.3) is 0 Å². The summed E-state index contributed by atoms with van der Waals surface area (Å²) in [6.07, 6.45) is 2.78. The van der Waals surface area contributed by atoms with Crippen LogP contribution in [0.25, 0.3) is 0 Å². The zero-order valence-electron chi connectivity index (χ0n) is 9.79. The monoisotopic (exact) mass is 283 g/mol. The van der Waals surface area contributed by atoms with Crippen LogP contribution in [0.4, 0.5) is 5.69 Å². The van der Waals surface area contributed by atoms with Crippen molar-refractivity contribution in [2.75, 3.05) is 5.73 Å². The first-order chi connectivity index (χ1) is 7.54. The summed E-state index contributed by atoms with van der Waals surface area (Å²) in [5.74, 6) is 0.575. The molecule has 0 radical (unpaired) electrons. The Balaban J connectivity index is 2.73. The lowest BCUT2D eigenvalue weighted by atomic mass is 9.95. The summed E-state index contributed by atoms with van der Waals surface area (Å²) >= 11 is 3.33. The Labute approximate surface area is 105 Å². The average Bonchev–Trinajstić information content (AvgIpc) is 2.17. The molecule has 0 aliphatic heterocycles. The van der Waals surface area contributed by atoms with Gasteiger partial charge in [0.2, 0.25) is 0 Å². The third-order valence-electron chi connectivity index (χ3n) is 2.63. The standard InChI is InChI=1S/C13H18BrNO/c1-3-4-9(2)7-13(16)11-6-5-10(14)8-12(11)15/h5-6,8-9H,3-4,7,15H2,1-2H3. The molecule has 16 heavy (non-hydrogen) atoms. The number of hydrogen-bond acceptors (Lipinski definition) is 2. The predicted octanol–water partition coefficient (Wildman–Crippen LogP) is 4.04. The van der Waals surface area contributed by atoms with Crippen LogP contribution in [0, 0.1) is 5.92 Å². The minimum atomic E-state index is 0.144. The molecule has 1 rings (SSSR count). The van der Waals surface area contributed by atoms with Gasteiger partial charge >= 0.3 is 0 Å². The van der Waals surface area contributed by atoms with Crippen LogP contribution in [0.15, 0.2) is 22.7 Å². The van der Waals surface area contributed by atoms with E-state index in [4.69, 9.17) is 5.73 Å². The number of Topliss-reactive ketones (excluding diaryl/α,β-unsaturated/α-hetero) is 1. The number of rotatable bonds is 5. The van der Waals surface area contributed by atoms with Crippen molar-refractivity contribution in [2.24, 2.45) is 5.92 Å². The Morgan fingerprint density at radius 2 is 2.19 bits per heavy atom. The summed E-state index contributed by atoms with van der Waals surface area (Å²) < 4.78 is 0.906. The van der Waals surface area contributed by atoms with E-state index >= 15 is 0 Å². The van der Waals surface area contributed by atoms with Gasteiger partial charge in [0.15, 0.2) is 5.78 Å². The SMILES string of the molecule is CCCC(C)CC(=O)c1ccc(Br)cc1N. The van der Waals surface area contributed by atoms with Crippen molar-refractivity contribution in [1.82, 2.24) is 0 Å². The van der Waals surface area contributed by atoms with Crippen LogP contribution in [-0.2, 0) is 0 Å². The molecule has 0 saturated carbocycles. The van der Waals surface area contributed by atoms with Crippen molar-refractivity contribution in [1.29, 1.82) is 0 Å². The molecular formula is C13H18BrNO. The van der Waals surface area contributed by atoms with E-state index in [1.54, 1.807) is 12.1 Å². The fourth-order valence-corrected chi connectivity index (χ4v) is 2.19. The highest BCUT2D eigenvalue weighted by Crippen LogP contribution is 2.22. The average molecular weight is 284 g/mol. The van der Waals surface area contributed by atoms with Crippen molar-refractivity contribution in [3.63, 3.8) is 0 Å². The molecule has 0 amide bonds. The Hall–Kier alpha value is -0.830. The number of carbonyl (C=O) groups excluding carboxylic acids is 1. The van der Waals surface area contributed by atoms with Gasteiger partial charge in [-0.2, -0.15) is 0 Å². The summed E-state index contributed by atoms with van der Waals surface area (Å²) in [4.78, 5) is 12.0. The minimum Gasteiger partial charge on any atom is -0.398 e. The molecule has 0 heterocycles. The smallest absolute Gasteiger partial charge is 0.165 e. The van der Waals surface area contributed by atoms with E-state index in [0.717, 1.165) is 17.3 Å². The van der Waals surface area contributed by atoms with Crippen molar-refractivity contribution in [2.45, 2.75) is 33.1 Å². The number of benzene rings is 1. The minimum absolute atomic E-state index is 0.144. The molecule has 1 aromatic carbocycles. The molecule has 0 spiro atoms. The maximum absolute atomic E-state index is 12.0. The van der Waals surface area contributed by atoms with Gasteiger partial charge in [-0.25, -0.2) is 0 Å². The van der Waals surface area contributed by atoms with E-state index < -0.39 is 0 Å². The first-order valence-corrected chi connectivity index (χ1v) is 6.42. The van der Waals surface area contributed by atoms with E-state index in [1.165, 1.54) is 0 Å². The number of halogens is 1. The number of nitrogen functional groups attached to an aromatic ring is 1. The second-order valence-electron chi connectivity index (χ2n) is 4.25. The van der Waals surface area contributed by atoms with Crippen LogP contribution in [0.1, 0.15) is 43.5 Å². The Kier molecular flexibility index (Phi) is 5.00. The van der Waals surface area contributed by atoms with E-state index in [2.05, 4.69) is 29.8 Å². The third-order valence-corrected chi connectivity index (χ3v) is 3.12. The first-order valence-electron chi connectivity index (χ1n) is 5.62. The lowest BCUT2D eigenvalue weighted by Gasteiger charge is -2.10. The van der Waals surface area contributed by atoms with Gasteiger partial charge in [-0.3, -0.25) is 4.79 Å². The molecule has 2 N–H and O–H groups in total. The van der Waals surface area contributed by atoms with E-state index in [0.29, 0.717) is 23.6 Å². The van der Waals surface area contributed by atoms with Gasteiger partial charge in [-0.1, -0.05) is 42.6 Å². The lowest BCUT2D eigenvalue weighted by Crippen LogP contribution is -2.08. The number of carbonyl (C=O) groups is 1. The van der Waals surface area contributed by atoms with Crippen LogP contribution in [-0.4, -0.2) is 5.78 Å². The molecule has 1 unspecified atom stereocenters. The molecule has 0 bridgehead atoms. The van der Waals surface area contributed by atoms with Crippen molar-refractivity contribution in [3.05, 3.63) is 28.2 Å². The van der Waals surface area contributed by atoms with Crippen molar-refractivity contribution >= 4 is 27.4 Å². The Morgan fingerprint density at radius 1 is 1.50 bits per heavy atom. The van der Waals surface area contributed by atoms with Crippen LogP contribution in [0.2, 0.25) is 0 Å². The largest absolute Gasteiger partial charge is 0.398 e. The summed E-state index contributed by atoms with van der Waals surface area (Å²) in [5, 5.41) is 0. The van der Waals surface area contributed by atoms with Gasteiger partial charge in [0.1, 0.15) is 0 Å². The fraction of sp³-hybridized carbons (Fsp3) is 0.462. The molecule has 0 aliphatic carbocycles. The molecule has 1 atom stereocenters. The summed E-state index contributed by atoms with van der Waals surface area (Å²) in [5.41, 5.74) is 7.02. The molecule has 3 heteroatoms. The van der Waals surface area contributed by atoms with Crippen molar-refractivity contribution < 1.29 is 4.79 Å². The molecule has 88 valence electrons. The van der Waals surface area contributed by atoms with Gasteiger partial charge in [0, 0.05) is 22.1 Å². The number of ketones is 1. The van der Waals surface area contributed by atoms with E-state index in [-0.39, 0.29) is 5.78 Å². The van der Waals surface area contributed by atoms with Gasteiger partial charge in [0.05, 0.1) is 0 Å². The van der Waals surface area contributed by atoms with E-state index in [9.17, 15) is 4.79 Å². The number of hydrogen-bond donors (Lipinski definition) is 1. The first kappa shape index (κ1) is 13.2. The van der Waals surface area contributed by atoms with Crippen molar-refractivity contribution in [3.8, 4) is 0 Å². The summed E-state index contributed by atoms with van der Waals surface area (Å²) in [6.45, 7) is 4.24. The lowest BCUT2D eigenvalue weighted by molar-refractivity contribution is 0.0963. The number of nitrogens with two attached hydrogens (primary N) is 1. The second kappa shape index (κ2) is 6.04. The summed E-state index contributed by atoms with van der Waals surface area (Å²) in [6, 6.07) is 5.42. The molecule has 1 aromatic rings. The Morgan fingerprint density at radius 3 is 2.75 bits per heavy atom. The Bertz CT molecular complexity index is 376. The highest BCUT2D eigenvalue weighted by Gasteiger charge is 2.13. The molecule has 0 aromatic heterocycles. The molecular weight excluding hydrogens is 266 g/mol. The molecule has 0 saturated heterocycles. The maximum Gasteiger partial charge on any atom is 0.165 e. The van der Waals surface area contributed by atoms with Crippen LogP contribution in [0.3, 0.4) is 0 Å². The van der Waals surface area contributed by atoms with E-state index in [1.807, 2.05) is 6.07 Å².